The summed E-state index contributed by atoms with van der Waals surface area (Å²) in [6.07, 6.45) is 1.85. The summed E-state index contributed by atoms with van der Waals surface area (Å²) in [4.78, 5) is 15.1. The van der Waals surface area contributed by atoms with Crippen molar-refractivity contribution in [2.24, 2.45) is 0 Å². The standard InChI is InChI=1S/C21H26N2O3S/c1-2-14-23(19-12-13-22-15-19)21(24)18-8-10-20(11-9-18)27(25,26)16-17-6-4-3-5-7-17/h3-11,19,22H,2,12-16H2,1H3. The Kier molecular flexibility index (Phi) is 6.29. The number of carbonyl (C=O) groups excluding carboxylic acids is 1. The number of hydrogen-bond donors (Lipinski definition) is 1. The molecule has 0 aromatic heterocycles. The average Bonchev–Trinajstić information content (AvgIpc) is 3.20. The summed E-state index contributed by atoms with van der Waals surface area (Å²) in [6.45, 7) is 4.51. The van der Waals surface area contributed by atoms with Gasteiger partial charge in [0.25, 0.3) is 5.91 Å². The van der Waals surface area contributed by atoms with E-state index in [1.165, 1.54) is 0 Å². The first-order valence-corrected chi connectivity index (χ1v) is 11.0. The molecule has 1 fully saturated rings. The highest BCUT2D eigenvalue weighted by Crippen LogP contribution is 2.19. The number of sulfone groups is 1. The quantitative estimate of drug-likeness (QED) is 0.795. The Hall–Kier alpha value is -2.18. The summed E-state index contributed by atoms with van der Waals surface area (Å²) in [5.74, 6) is -0.0748. The number of amides is 1. The Bertz CT molecular complexity index is 858. The normalized spacial score (nSPS) is 17.0. The van der Waals surface area contributed by atoms with Crippen LogP contribution >= 0.6 is 0 Å². The zero-order valence-electron chi connectivity index (χ0n) is 15.6. The maximum Gasteiger partial charge on any atom is 0.254 e. The van der Waals surface area contributed by atoms with Crippen LogP contribution in [0.25, 0.3) is 0 Å². The topological polar surface area (TPSA) is 66.5 Å². The lowest BCUT2D eigenvalue weighted by Gasteiger charge is -2.28. The van der Waals surface area contributed by atoms with Crippen LogP contribution < -0.4 is 5.32 Å². The minimum absolute atomic E-state index is 0.0300. The van der Waals surface area contributed by atoms with Gasteiger partial charge >= 0.3 is 0 Å². The molecule has 1 N–H and O–H groups in total. The minimum Gasteiger partial charge on any atom is -0.334 e. The second-order valence-corrected chi connectivity index (χ2v) is 8.90. The molecule has 27 heavy (non-hydrogen) atoms. The van der Waals surface area contributed by atoms with Gasteiger partial charge in [-0.3, -0.25) is 4.79 Å². The largest absolute Gasteiger partial charge is 0.334 e. The Morgan fingerprint density at radius 3 is 2.41 bits per heavy atom. The molecule has 0 saturated carbocycles. The molecule has 3 rings (SSSR count). The highest BCUT2D eigenvalue weighted by atomic mass is 32.2. The fourth-order valence-electron chi connectivity index (χ4n) is 3.44. The van der Waals surface area contributed by atoms with Crippen molar-refractivity contribution in [1.82, 2.24) is 10.2 Å². The van der Waals surface area contributed by atoms with Crippen LogP contribution in [-0.2, 0) is 15.6 Å². The van der Waals surface area contributed by atoms with Crippen molar-refractivity contribution in [2.75, 3.05) is 19.6 Å². The molecule has 0 bridgehead atoms. The molecule has 1 amide bonds. The maximum absolute atomic E-state index is 12.9. The van der Waals surface area contributed by atoms with Gasteiger partial charge in [0.2, 0.25) is 0 Å². The lowest BCUT2D eigenvalue weighted by Crippen LogP contribution is -2.42. The van der Waals surface area contributed by atoms with Gasteiger partial charge in [-0.15, -0.1) is 0 Å². The molecular weight excluding hydrogens is 360 g/mol. The van der Waals surface area contributed by atoms with Gasteiger partial charge in [-0.2, -0.15) is 0 Å². The van der Waals surface area contributed by atoms with E-state index in [0.29, 0.717) is 12.1 Å². The molecule has 144 valence electrons. The van der Waals surface area contributed by atoms with Gasteiger partial charge in [0.15, 0.2) is 9.84 Å². The van der Waals surface area contributed by atoms with Crippen LogP contribution in [0, 0.1) is 0 Å². The lowest BCUT2D eigenvalue weighted by atomic mass is 10.1. The van der Waals surface area contributed by atoms with Gasteiger partial charge in [0.1, 0.15) is 0 Å². The van der Waals surface area contributed by atoms with Crippen molar-refractivity contribution in [3.8, 4) is 0 Å². The van der Waals surface area contributed by atoms with E-state index in [9.17, 15) is 13.2 Å². The van der Waals surface area contributed by atoms with Gasteiger partial charge in [0.05, 0.1) is 10.6 Å². The molecule has 0 radical (unpaired) electrons. The average molecular weight is 387 g/mol. The molecule has 0 spiro atoms. The summed E-state index contributed by atoms with van der Waals surface area (Å²) in [5.41, 5.74) is 1.29. The monoisotopic (exact) mass is 386 g/mol. The fraction of sp³-hybridized carbons (Fsp3) is 0.381. The molecule has 5 nitrogen and oxygen atoms in total. The fourth-order valence-corrected chi connectivity index (χ4v) is 4.79. The number of hydrogen-bond acceptors (Lipinski definition) is 4. The van der Waals surface area contributed by atoms with E-state index in [2.05, 4.69) is 12.2 Å². The molecule has 0 aliphatic carbocycles. The van der Waals surface area contributed by atoms with Crippen molar-refractivity contribution in [2.45, 2.75) is 36.5 Å². The van der Waals surface area contributed by atoms with Gasteiger partial charge in [0, 0.05) is 24.7 Å². The van der Waals surface area contributed by atoms with E-state index in [-0.39, 0.29) is 22.6 Å². The lowest BCUT2D eigenvalue weighted by molar-refractivity contribution is 0.0692. The summed E-state index contributed by atoms with van der Waals surface area (Å²) >= 11 is 0. The highest BCUT2D eigenvalue weighted by molar-refractivity contribution is 7.90. The summed E-state index contributed by atoms with van der Waals surface area (Å²) in [7, 11) is -3.44. The van der Waals surface area contributed by atoms with Crippen LogP contribution in [0.5, 0.6) is 0 Å². The maximum atomic E-state index is 12.9. The van der Waals surface area contributed by atoms with Crippen LogP contribution in [0.3, 0.4) is 0 Å². The summed E-state index contributed by atoms with van der Waals surface area (Å²) < 4.78 is 25.2. The van der Waals surface area contributed by atoms with E-state index in [1.807, 2.05) is 23.1 Å². The van der Waals surface area contributed by atoms with Crippen molar-refractivity contribution in [3.05, 3.63) is 65.7 Å². The van der Waals surface area contributed by atoms with E-state index in [0.717, 1.165) is 31.5 Å². The Labute approximate surface area is 161 Å². The van der Waals surface area contributed by atoms with E-state index >= 15 is 0 Å². The van der Waals surface area contributed by atoms with Crippen LogP contribution in [0.1, 0.15) is 35.7 Å². The number of nitrogens with one attached hydrogen (secondary N) is 1. The van der Waals surface area contributed by atoms with Crippen molar-refractivity contribution in [1.29, 1.82) is 0 Å². The van der Waals surface area contributed by atoms with Crippen molar-refractivity contribution >= 4 is 15.7 Å². The molecular formula is C21H26N2O3S. The summed E-state index contributed by atoms with van der Waals surface area (Å²) in [6, 6.07) is 15.7. The van der Waals surface area contributed by atoms with Crippen LogP contribution in [0.4, 0.5) is 0 Å². The first-order valence-electron chi connectivity index (χ1n) is 9.39. The van der Waals surface area contributed by atoms with Crippen LogP contribution in [0.15, 0.2) is 59.5 Å². The van der Waals surface area contributed by atoms with Gasteiger partial charge in [-0.25, -0.2) is 8.42 Å². The highest BCUT2D eigenvalue weighted by Gasteiger charge is 2.27. The Balaban J connectivity index is 1.76. The molecule has 1 heterocycles. The van der Waals surface area contributed by atoms with Gasteiger partial charge in [-0.05, 0) is 49.2 Å². The third-order valence-electron chi connectivity index (χ3n) is 4.86. The van der Waals surface area contributed by atoms with E-state index < -0.39 is 9.84 Å². The molecule has 6 heteroatoms. The molecule has 1 aliphatic heterocycles. The SMILES string of the molecule is CCCN(C(=O)c1ccc(S(=O)(=O)Cc2ccccc2)cc1)C1CCNC1. The summed E-state index contributed by atoms with van der Waals surface area (Å²) in [5, 5.41) is 3.30. The first kappa shape index (κ1) is 19.6. The predicted octanol–water partition coefficient (Wildman–Crippen LogP) is 2.87. The molecule has 1 aliphatic rings. The van der Waals surface area contributed by atoms with Crippen molar-refractivity contribution < 1.29 is 13.2 Å². The third-order valence-corrected chi connectivity index (χ3v) is 6.56. The second-order valence-electron chi connectivity index (χ2n) is 6.91. The smallest absolute Gasteiger partial charge is 0.254 e. The van der Waals surface area contributed by atoms with Gasteiger partial charge in [-0.1, -0.05) is 37.3 Å². The zero-order valence-corrected chi connectivity index (χ0v) is 16.4. The molecule has 1 atom stereocenters. The molecule has 2 aromatic rings. The second kappa shape index (κ2) is 8.67. The Morgan fingerprint density at radius 1 is 1.11 bits per heavy atom. The Morgan fingerprint density at radius 2 is 1.81 bits per heavy atom. The van der Waals surface area contributed by atoms with E-state index in [1.54, 1.807) is 36.4 Å². The molecule has 2 aromatic carbocycles. The molecule has 1 unspecified atom stereocenters. The first-order chi connectivity index (χ1) is 13.0. The zero-order chi connectivity index (χ0) is 19.3. The number of rotatable bonds is 7. The number of carbonyl (C=O) groups is 1. The number of benzene rings is 2. The van der Waals surface area contributed by atoms with Crippen molar-refractivity contribution in [3.63, 3.8) is 0 Å². The third kappa shape index (κ3) is 4.76. The van der Waals surface area contributed by atoms with E-state index in [4.69, 9.17) is 0 Å². The minimum atomic E-state index is -3.44. The predicted molar refractivity (Wildman–Crippen MR) is 106 cm³/mol. The van der Waals surface area contributed by atoms with Gasteiger partial charge < -0.3 is 10.2 Å². The molecule has 1 saturated heterocycles. The van der Waals surface area contributed by atoms with Crippen LogP contribution in [0.2, 0.25) is 0 Å². The van der Waals surface area contributed by atoms with Crippen LogP contribution in [-0.4, -0.2) is 44.9 Å². The number of nitrogens with zero attached hydrogens (tertiary/aromatic N) is 1.